The van der Waals surface area contributed by atoms with Gasteiger partial charge < -0.3 is 4.90 Å². The minimum atomic E-state index is -0.241. The summed E-state index contributed by atoms with van der Waals surface area (Å²) >= 11 is 0. The summed E-state index contributed by atoms with van der Waals surface area (Å²) in [6.07, 6.45) is 9.00. The van der Waals surface area contributed by atoms with Crippen LogP contribution in [-0.2, 0) is 0 Å². The van der Waals surface area contributed by atoms with Crippen LogP contribution in [0.4, 0.5) is 0 Å². The Kier molecular flexibility index (Phi) is 3.82. The predicted octanol–water partition coefficient (Wildman–Crippen LogP) is 2.53. The topological polar surface area (TPSA) is 39.1 Å². The van der Waals surface area contributed by atoms with Gasteiger partial charge in [-0.2, -0.15) is 5.26 Å². The lowest BCUT2D eigenvalue weighted by Gasteiger charge is -2.34. The quantitative estimate of drug-likeness (QED) is 0.826. The zero-order chi connectivity index (χ0) is 13.3. The van der Waals surface area contributed by atoms with Crippen molar-refractivity contribution in [3.63, 3.8) is 0 Å². The van der Waals surface area contributed by atoms with Gasteiger partial charge in [-0.15, -0.1) is 0 Å². The van der Waals surface area contributed by atoms with Gasteiger partial charge >= 0.3 is 0 Å². The molecule has 2 atom stereocenters. The molecule has 1 heterocycles. The first-order valence-corrected chi connectivity index (χ1v) is 8.13. The molecule has 3 fully saturated rings. The third-order valence-electron chi connectivity index (χ3n) is 5.10. The Morgan fingerprint density at radius 1 is 1.16 bits per heavy atom. The van der Waals surface area contributed by atoms with Crippen LogP contribution in [0.15, 0.2) is 0 Å². The lowest BCUT2D eigenvalue weighted by Crippen LogP contribution is -2.55. The van der Waals surface area contributed by atoms with E-state index in [0.29, 0.717) is 12.0 Å². The highest BCUT2D eigenvalue weighted by molar-refractivity contribution is 5.18. The normalized spacial score (nSPS) is 32.3. The molecule has 0 bridgehead atoms. The van der Waals surface area contributed by atoms with Crippen molar-refractivity contribution in [2.24, 2.45) is 11.8 Å². The summed E-state index contributed by atoms with van der Waals surface area (Å²) in [5.74, 6) is 1.47. The summed E-state index contributed by atoms with van der Waals surface area (Å²) in [7, 11) is 0. The Labute approximate surface area is 117 Å². The molecular weight excluding hydrogens is 234 g/mol. The molecular formula is C16H27N3. The maximum absolute atomic E-state index is 9.78. The van der Waals surface area contributed by atoms with Gasteiger partial charge in [0.25, 0.3) is 0 Å². The molecule has 1 N–H and O–H groups in total. The van der Waals surface area contributed by atoms with Crippen LogP contribution in [0, 0.1) is 23.2 Å². The number of likely N-dealkylation sites (tertiary alicyclic amines) is 1. The number of hydrogen-bond donors (Lipinski definition) is 1. The van der Waals surface area contributed by atoms with E-state index in [-0.39, 0.29) is 5.54 Å². The summed E-state index contributed by atoms with van der Waals surface area (Å²) in [6.45, 7) is 5.69. The Bertz CT molecular complexity index is 353. The fourth-order valence-electron chi connectivity index (χ4n) is 3.45. The third kappa shape index (κ3) is 3.30. The van der Waals surface area contributed by atoms with Gasteiger partial charge in [-0.25, -0.2) is 0 Å². The van der Waals surface area contributed by atoms with E-state index < -0.39 is 0 Å². The highest BCUT2D eigenvalue weighted by Crippen LogP contribution is 2.42. The van der Waals surface area contributed by atoms with Gasteiger partial charge in [0.2, 0.25) is 0 Å². The Morgan fingerprint density at radius 2 is 1.95 bits per heavy atom. The van der Waals surface area contributed by atoms with Crippen LogP contribution in [0.5, 0.6) is 0 Å². The number of nitriles is 1. The summed E-state index contributed by atoms with van der Waals surface area (Å²) in [5.41, 5.74) is -0.241. The van der Waals surface area contributed by atoms with E-state index in [0.717, 1.165) is 12.5 Å². The van der Waals surface area contributed by atoms with E-state index in [2.05, 4.69) is 23.2 Å². The largest absolute Gasteiger partial charge is 0.300 e. The van der Waals surface area contributed by atoms with E-state index in [4.69, 9.17) is 0 Å². The molecule has 0 spiro atoms. The summed E-state index contributed by atoms with van der Waals surface area (Å²) in [4.78, 5) is 2.56. The van der Waals surface area contributed by atoms with Crippen LogP contribution in [0.25, 0.3) is 0 Å². The molecule has 0 aromatic rings. The SMILES string of the molecule is CC1CCCN(CC(C#N)(NC2CC2)C2CC2)CC1. The van der Waals surface area contributed by atoms with Crippen molar-refractivity contribution >= 4 is 0 Å². The first-order valence-electron chi connectivity index (χ1n) is 8.13. The van der Waals surface area contributed by atoms with Gasteiger partial charge in [-0.1, -0.05) is 6.92 Å². The van der Waals surface area contributed by atoms with Crippen LogP contribution in [-0.4, -0.2) is 36.1 Å². The zero-order valence-electron chi connectivity index (χ0n) is 12.2. The molecule has 2 saturated carbocycles. The van der Waals surface area contributed by atoms with Gasteiger partial charge in [-0.3, -0.25) is 5.32 Å². The van der Waals surface area contributed by atoms with Crippen molar-refractivity contribution in [3.05, 3.63) is 0 Å². The molecule has 3 heteroatoms. The number of nitrogens with zero attached hydrogens (tertiary/aromatic N) is 2. The van der Waals surface area contributed by atoms with Crippen LogP contribution < -0.4 is 5.32 Å². The van der Waals surface area contributed by atoms with Crippen LogP contribution in [0.1, 0.15) is 51.9 Å². The molecule has 1 saturated heterocycles. The molecule has 0 amide bonds. The van der Waals surface area contributed by atoms with Gasteiger partial charge in [0.1, 0.15) is 5.54 Å². The second-order valence-electron chi connectivity index (χ2n) is 7.09. The zero-order valence-corrected chi connectivity index (χ0v) is 12.2. The average Bonchev–Trinajstić information content (AvgIpc) is 3.26. The van der Waals surface area contributed by atoms with E-state index in [1.807, 2.05) is 0 Å². The maximum atomic E-state index is 9.78. The van der Waals surface area contributed by atoms with Gasteiger partial charge in [0.15, 0.2) is 0 Å². The molecule has 3 rings (SSSR count). The number of hydrogen-bond acceptors (Lipinski definition) is 3. The molecule has 3 nitrogen and oxygen atoms in total. The second kappa shape index (κ2) is 5.42. The molecule has 19 heavy (non-hydrogen) atoms. The van der Waals surface area contributed by atoms with E-state index in [9.17, 15) is 5.26 Å². The van der Waals surface area contributed by atoms with Crippen molar-refractivity contribution in [2.45, 2.75) is 63.5 Å². The highest BCUT2D eigenvalue weighted by atomic mass is 15.2. The smallest absolute Gasteiger partial charge is 0.122 e. The van der Waals surface area contributed by atoms with Gasteiger partial charge in [0, 0.05) is 12.6 Å². The Balaban J connectivity index is 1.64. The Hall–Kier alpha value is -0.590. The first-order chi connectivity index (χ1) is 9.22. The van der Waals surface area contributed by atoms with Crippen molar-refractivity contribution in [1.29, 1.82) is 5.26 Å². The summed E-state index contributed by atoms with van der Waals surface area (Å²) in [5, 5.41) is 13.5. The standard InChI is InChI=1S/C16H27N3/c1-13-3-2-9-19(10-8-13)12-16(11-17,14-4-5-14)18-15-6-7-15/h13-15,18H,2-10,12H2,1H3. The maximum Gasteiger partial charge on any atom is 0.122 e. The molecule has 1 aliphatic heterocycles. The molecule has 3 aliphatic rings. The van der Waals surface area contributed by atoms with E-state index >= 15 is 0 Å². The minimum Gasteiger partial charge on any atom is -0.300 e. The van der Waals surface area contributed by atoms with Crippen molar-refractivity contribution in [1.82, 2.24) is 10.2 Å². The monoisotopic (exact) mass is 261 g/mol. The average molecular weight is 261 g/mol. The summed E-state index contributed by atoms with van der Waals surface area (Å²) in [6, 6.07) is 3.31. The number of rotatable bonds is 5. The Morgan fingerprint density at radius 3 is 2.58 bits per heavy atom. The van der Waals surface area contributed by atoms with Crippen molar-refractivity contribution in [2.75, 3.05) is 19.6 Å². The van der Waals surface area contributed by atoms with E-state index in [1.54, 1.807) is 0 Å². The lowest BCUT2D eigenvalue weighted by atomic mass is 9.93. The molecule has 0 radical (unpaired) electrons. The van der Waals surface area contributed by atoms with Crippen molar-refractivity contribution in [3.8, 4) is 6.07 Å². The highest BCUT2D eigenvalue weighted by Gasteiger charge is 2.49. The minimum absolute atomic E-state index is 0.241. The first kappa shape index (κ1) is 13.4. The van der Waals surface area contributed by atoms with Crippen molar-refractivity contribution < 1.29 is 0 Å². The number of nitrogens with one attached hydrogen (secondary N) is 1. The fraction of sp³-hybridized carbons (Fsp3) is 0.938. The molecule has 0 aromatic heterocycles. The molecule has 0 aromatic carbocycles. The predicted molar refractivity (Wildman–Crippen MR) is 76.7 cm³/mol. The molecule has 2 aliphatic carbocycles. The lowest BCUT2D eigenvalue weighted by molar-refractivity contribution is 0.198. The van der Waals surface area contributed by atoms with Gasteiger partial charge in [0.05, 0.1) is 6.07 Å². The van der Waals surface area contributed by atoms with Crippen LogP contribution in [0.3, 0.4) is 0 Å². The second-order valence-corrected chi connectivity index (χ2v) is 7.09. The fourth-order valence-corrected chi connectivity index (χ4v) is 3.45. The van der Waals surface area contributed by atoms with Crippen LogP contribution >= 0.6 is 0 Å². The summed E-state index contributed by atoms with van der Waals surface area (Å²) < 4.78 is 0. The third-order valence-corrected chi connectivity index (χ3v) is 5.10. The van der Waals surface area contributed by atoms with Crippen LogP contribution in [0.2, 0.25) is 0 Å². The molecule has 2 unspecified atom stereocenters. The van der Waals surface area contributed by atoms with E-state index in [1.165, 1.54) is 58.0 Å². The van der Waals surface area contributed by atoms with Gasteiger partial charge in [-0.05, 0) is 69.9 Å². The molecule has 106 valence electrons.